The highest BCUT2D eigenvalue weighted by Gasteiger charge is 2.19. The molecule has 1 aliphatic rings. The number of nitrogens with one attached hydrogen (secondary N) is 1. The van der Waals surface area contributed by atoms with Gasteiger partial charge in [-0.15, -0.1) is 15.3 Å². The summed E-state index contributed by atoms with van der Waals surface area (Å²) in [5.41, 5.74) is 5.66. The molecule has 168 valence electrons. The summed E-state index contributed by atoms with van der Waals surface area (Å²) in [4.78, 5) is 14.4. The van der Waals surface area contributed by atoms with E-state index in [0.717, 1.165) is 54.3 Å². The number of hydrogen-bond acceptors (Lipinski definition) is 5. The van der Waals surface area contributed by atoms with Crippen LogP contribution < -0.4 is 5.32 Å². The van der Waals surface area contributed by atoms with Gasteiger partial charge in [-0.05, 0) is 69.5 Å². The summed E-state index contributed by atoms with van der Waals surface area (Å²) >= 11 is 0. The Morgan fingerprint density at radius 3 is 2.55 bits per heavy atom. The van der Waals surface area contributed by atoms with Crippen LogP contribution in [0.4, 0.5) is 5.69 Å². The molecule has 1 aliphatic heterocycles. The summed E-state index contributed by atoms with van der Waals surface area (Å²) in [5, 5.41) is 20.6. The highest BCUT2D eigenvalue weighted by Crippen LogP contribution is 2.24. The third-order valence-electron chi connectivity index (χ3n) is 6.08. The fraction of sp³-hybridized carbons (Fsp3) is 0.320. The molecule has 33 heavy (non-hydrogen) atoms. The molecule has 0 unspecified atom stereocenters. The van der Waals surface area contributed by atoms with E-state index in [1.54, 1.807) is 6.92 Å². The highest BCUT2D eigenvalue weighted by atomic mass is 16.2. The summed E-state index contributed by atoms with van der Waals surface area (Å²) in [6.07, 6.45) is 4.51. The first-order valence-corrected chi connectivity index (χ1v) is 11.3. The lowest BCUT2D eigenvalue weighted by molar-refractivity contribution is 0.102. The maximum absolute atomic E-state index is 12.9. The summed E-state index contributed by atoms with van der Waals surface area (Å²) in [6, 6.07) is 13.8. The number of anilines is 1. The van der Waals surface area contributed by atoms with Crippen molar-refractivity contribution in [3.05, 3.63) is 70.8 Å². The van der Waals surface area contributed by atoms with Crippen molar-refractivity contribution in [2.75, 3.05) is 5.32 Å². The number of amides is 1. The van der Waals surface area contributed by atoms with E-state index in [1.807, 2.05) is 50.2 Å². The number of carbonyl (C=O) groups is 1. The van der Waals surface area contributed by atoms with Gasteiger partial charge >= 0.3 is 0 Å². The van der Waals surface area contributed by atoms with Crippen molar-refractivity contribution >= 4 is 11.6 Å². The number of aromatic nitrogens is 6. The van der Waals surface area contributed by atoms with Gasteiger partial charge in [-0.2, -0.15) is 9.90 Å². The normalized spacial score (nSPS) is 13.4. The van der Waals surface area contributed by atoms with E-state index in [4.69, 9.17) is 0 Å². The Bertz CT molecular complexity index is 1320. The van der Waals surface area contributed by atoms with Crippen molar-refractivity contribution in [2.24, 2.45) is 0 Å². The monoisotopic (exact) mass is 441 g/mol. The molecule has 8 nitrogen and oxygen atoms in total. The molecule has 0 fully saturated rings. The van der Waals surface area contributed by atoms with Gasteiger partial charge in [-0.1, -0.05) is 24.1 Å². The zero-order chi connectivity index (χ0) is 22.9. The number of carbonyl (C=O) groups excluding carboxylic acids is 1. The molecular formula is C25H27N7O. The van der Waals surface area contributed by atoms with Gasteiger partial charge in [-0.3, -0.25) is 4.79 Å². The van der Waals surface area contributed by atoms with Crippen LogP contribution in [0.3, 0.4) is 0 Å². The average molecular weight is 442 g/mol. The van der Waals surface area contributed by atoms with Crippen LogP contribution in [0.5, 0.6) is 0 Å². The molecule has 3 heterocycles. The fourth-order valence-corrected chi connectivity index (χ4v) is 4.32. The SMILES string of the molecule is Cc1ccc(-n2nc(C)c(C(=O)Nc3ccc(-c4nnc5n4CCCCC5)cc3)n2)c(C)c1. The average Bonchev–Trinajstić information content (AvgIpc) is 3.29. The number of aryl methyl sites for hydroxylation is 4. The molecule has 2 aromatic heterocycles. The van der Waals surface area contributed by atoms with Gasteiger partial charge in [0, 0.05) is 24.2 Å². The fourth-order valence-electron chi connectivity index (χ4n) is 4.32. The van der Waals surface area contributed by atoms with Gasteiger partial charge in [0.1, 0.15) is 5.82 Å². The molecule has 0 spiro atoms. The van der Waals surface area contributed by atoms with E-state index >= 15 is 0 Å². The molecule has 0 atom stereocenters. The minimum atomic E-state index is -0.285. The van der Waals surface area contributed by atoms with E-state index < -0.39 is 0 Å². The topological polar surface area (TPSA) is 90.5 Å². The lowest BCUT2D eigenvalue weighted by Gasteiger charge is -2.08. The van der Waals surface area contributed by atoms with Gasteiger partial charge in [0.2, 0.25) is 0 Å². The molecule has 0 bridgehead atoms. The molecular weight excluding hydrogens is 414 g/mol. The van der Waals surface area contributed by atoms with E-state index in [1.165, 1.54) is 16.8 Å². The van der Waals surface area contributed by atoms with Crippen molar-refractivity contribution < 1.29 is 4.79 Å². The molecule has 5 rings (SSSR count). The lowest BCUT2D eigenvalue weighted by Crippen LogP contribution is -2.14. The third-order valence-corrected chi connectivity index (χ3v) is 6.08. The maximum atomic E-state index is 12.9. The number of fused-ring (bicyclic) bond motifs is 1. The summed E-state index contributed by atoms with van der Waals surface area (Å²) in [7, 11) is 0. The molecule has 4 aromatic rings. The van der Waals surface area contributed by atoms with E-state index in [9.17, 15) is 4.79 Å². The van der Waals surface area contributed by atoms with Crippen LogP contribution in [-0.4, -0.2) is 35.7 Å². The number of hydrogen-bond donors (Lipinski definition) is 1. The van der Waals surface area contributed by atoms with E-state index in [0.29, 0.717) is 17.1 Å². The predicted molar refractivity (Wildman–Crippen MR) is 127 cm³/mol. The first kappa shape index (κ1) is 21.1. The Balaban J connectivity index is 1.34. The second-order valence-electron chi connectivity index (χ2n) is 8.65. The quantitative estimate of drug-likeness (QED) is 0.506. The van der Waals surface area contributed by atoms with Gasteiger partial charge in [0.25, 0.3) is 5.91 Å². The largest absolute Gasteiger partial charge is 0.321 e. The zero-order valence-corrected chi connectivity index (χ0v) is 19.2. The Morgan fingerprint density at radius 2 is 1.76 bits per heavy atom. The molecule has 0 saturated carbocycles. The van der Waals surface area contributed by atoms with Gasteiger partial charge in [0.15, 0.2) is 11.5 Å². The summed E-state index contributed by atoms with van der Waals surface area (Å²) in [6.45, 7) is 6.80. The van der Waals surface area contributed by atoms with Crippen molar-refractivity contribution in [1.82, 2.24) is 29.8 Å². The molecule has 0 radical (unpaired) electrons. The van der Waals surface area contributed by atoms with E-state index in [2.05, 4.69) is 36.3 Å². The Kier molecular flexibility index (Phi) is 5.50. The van der Waals surface area contributed by atoms with Crippen molar-refractivity contribution in [3.8, 4) is 17.1 Å². The molecule has 8 heteroatoms. The first-order chi connectivity index (χ1) is 16.0. The van der Waals surface area contributed by atoms with E-state index in [-0.39, 0.29) is 5.91 Å². The maximum Gasteiger partial charge on any atom is 0.278 e. The van der Waals surface area contributed by atoms with Crippen LogP contribution in [0.1, 0.15) is 52.4 Å². The van der Waals surface area contributed by atoms with Gasteiger partial charge < -0.3 is 9.88 Å². The van der Waals surface area contributed by atoms with Crippen LogP contribution >= 0.6 is 0 Å². The number of nitrogens with zero attached hydrogens (tertiary/aromatic N) is 6. The van der Waals surface area contributed by atoms with Crippen LogP contribution in [0.15, 0.2) is 42.5 Å². The summed E-state index contributed by atoms with van der Waals surface area (Å²) in [5.74, 6) is 1.66. The summed E-state index contributed by atoms with van der Waals surface area (Å²) < 4.78 is 2.22. The van der Waals surface area contributed by atoms with Crippen LogP contribution in [0.25, 0.3) is 17.1 Å². The molecule has 0 saturated heterocycles. The minimum Gasteiger partial charge on any atom is -0.321 e. The third kappa shape index (κ3) is 4.16. The van der Waals surface area contributed by atoms with Crippen molar-refractivity contribution in [3.63, 3.8) is 0 Å². The Hall–Kier alpha value is -3.81. The first-order valence-electron chi connectivity index (χ1n) is 11.3. The molecule has 2 aromatic carbocycles. The lowest BCUT2D eigenvalue weighted by atomic mass is 10.1. The molecule has 0 aliphatic carbocycles. The Morgan fingerprint density at radius 1 is 0.939 bits per heavy atom. The van der Waals surface area contributed by atoms with Crippen molar-refractivity contribution in [2.45, 2.75) is 53.0 Å². The van der Waals surface area contributed by atoms with Crippen LogP contribution in [0.2, 0.25) is 0 Å². The standard InChI is InChI=1S/C25H27N7O/c1-16-8-13-21(17(2)15-16)32-29-18(3)23(30-32)25(33)26-20-11-9-19(10-12-20)24-28-27-22-7-5-4-6-14-31(22)24/h8-13,15H,4-7,14H2,1-3H3,(H,26,33). The molecule has 1 amide bonds. The van der Waals surface area contributed by atoms with Crippen LogP contribution in [0, 0.1) is 20.8 Å². The van der Waals surface area contributed by atoms with Gasteiger partial charge in [-0.25, -0.2) is 0 Å². The highest BCUT2D eigenvalue weighted by molar-refractivity contribution is 6.03. The number of benzene rings is 2. The van der Waals surface area contributed by atoms with Crippen LogP contribution in [-0.2, 0) is 13.0 Å². The Labute approximate surface area is 192 Å². The smallest absolute Gasteiger partial charge is 0.278 e. The zero-order valence-electron chi connectivity index (χ0n) is 19.2. The van der Waals surface area contributed by atoms with Gasteiger partial charge in [0.05, 0.1) is 11.4 Å². The van der Waals surface area contributed by atoms with Crippen molar-refractivity contribution in [1.29, 1.82) is 0 Å². The second-order valence-corrected chi connectivity index (χ2v) is 8.65. The molecule has 1 N–H and O–H groups in total. The minimum absolute atomic E-state index is 0.285. The number of rotatable bonds is 4. The predicted octanol–water partition coefficient (Wildman–Crippen LogP) is 4.43. The second kappa shape index (κ2) is 8.61.